The number of benzene rings is 2. The topological polar surface area (TPSA) is 29.5 Å². The summed E-state index contributed by atoms with van der Waals surface area (Å²) in [7, 11) is 0. The largest absolute Gasteiger partial charge is 0.457 e. The van der Waals surface area contributed by atoms with Crippen LogP contribution in [0.4, 0.5) is 0 Å². The summed E-state index contributed by atoms with van der Waals surface area (Å²) in [5.74, 6) is 1.48. The molecule has 0 aliphatic carbocycles. The zero-order valence-corrected chi connectivity index (χ0v) is 12.6. The first-order valence-corrected chi connectivity index (χ1v) is 7.12. The molecule has 2 nitrogen and oxygen atoms in total. The maximum absolute atomic E-state index is 10.00. The lowest BCUT2D eigenvalue weighted by atomic mass is 10.1. The van der Waals surface area contributed by atoms with E-state index in [0.717, 1.165) is 21.3 Å². The number of aliphatic hydroxyl groups excluding tert-OH is 1. The lowest BCUT2D eigenvalue weighted by Gasteiger charge is -2.15. The maximum atomic E-state index is 10.00. The molecule has 0 saturated heterocycles. The second-order valence-corrected chi connectivity index (χ2v) is 5.33. The molecule has 2 aromatic carbocycles. The van der Waals surface area contributed by atoms with Crippen LogP contribution >= 0.6 is 15.9 Å². The molecule has 19 heavy (non-hydrogen) atoms. The van der Waals surface area contributed by atoms with Crippen LogP contribution in [0, 0.1) is 6.92 Å². The van der Waals surface area contributed by atoms with Crippen molar-refractivity contribution in [2.45, 2.75) is 26.4 Å². The number of rotatable bonds is 4. The standard InChI is InChI=1S/C16H17BrO2/c1-3-15(18)13-6-4-5-7-16(13)19-12-8-9-14(17)11(2)10-12/h4-10,15,18H,3H2,1-2H3/t15-/m1/s1. The van der Waals surface area contributed by atoms with E-state index in [1.165, 1.54) is 0 Å². The Bertz CT molecular complexity index is 566. The molecule has 0 aromatic heterocycles. The van der Waals surface area contributed by atoms with Gasteiger partial charge < -0.3 is 9.84 Å². The van der Waals surface area contributed by atoms with Crippen LogP contribution in [-0.2, 0) is 0 Å². The molecule has 0 unspecified atom stereocenters. The second kappa shape index (κ2) is 6.22. The molecule has 0 aliphatic rings. The van der Waals surface area contributed by atoms with E-state index in [1.807, 2.05) is 56.3 Å². The van der Waals surface area contributed by atoms with Gasteiger partial charge in [0.25, 0.3) is 0 Å². The predicted octanol–water partition coefficient (Wildman–Crippen LogP) is 4.99. The Morgan fingerprint density at radius 3 is 2.63 bits per heavy atom. The van der Waals surface area contributed by atoms with Crippen molar-refractivity contribution in [3.05, 3.63) is 58.1 Å². The van der Waals surface area contributed by atoms with E-state index < -0.39 is 6.10 Å². The number of hydrogen-bond acceptors (Lipinski definition) is 2. The summed E-state index contributed by atoms with van der Waals surface area (Å²) in [4.78, 5) is 0. The quantitative estimate of drug-likeness (QED) is 0.859. The third-order valence-corrected chi connectivity index (χ3v) is 3.91. The molecule has 100 valence electrons. The highest BCUT2D eigenvalue weighted by molar-refractivity contribution is 9.10. The van der Waals surface area contributed by atoms with Crippen LogP contribution in [0.5, 0.6) is 11.5 Å². The fraction of sp³-hybridized carbons (Fsp3) is 0.250. The Labute approximate surface area is 122 Å². The fourth-order valence-electron chi connectivity index (χ4n) is 1.88. The van der Waals surface area contributed by atoms with Gasteiger partial charge in [-0.25, -0.2) is 0 Å². The zero-order valence-electron chi connectivity index (χ0n) is 11.1. The monoisotopic (exact) mass is 320 g/mol. The summed E-state index contributed by atoms with van der Waals surface area (Å²) < 4.78 is 6.94. The predicted molar refractivity (Wildman–Crippen MR) is 80.6 cm³/mol. The van der Waals surface area contributed by atoms with Gasteiger partial charge in [0.1, 0.15) is 11.5 Å². The normalized spacial score (nSPS) is 12.2. The molecule has 1 N–H and O–H groups in total. The number of para-hydroxylation sites is 1. The average Bonchev–Trinajstić information content (AvgIpc) is 2.43. The number of aryl methyl sites for hydroxylation is 1. The van der Waals surface area contributed by atoms with E-state index in [4.69, 9.17) is 4.74 Å². The van der Waals surface area contributed by atoms with Gasteiger partial charge in [-0.05, 0) is 43.2 Å². The van der Waals surface area contributed by atoms with Gasteiger partial charge in [-0.3, -0.25) is 0 Å². The first kappa shape index (κ1) is 14.1. The van der Waals surface area contributed by atoms with Crippen molar-refractivity contribution in [3.8, 4) is 11.5 Å². The van der Waals surface area contributed by atoms with Gasteiger partial charge in [0.15, 0.2) is 0 Å². The van der Waals surface area contributed by atoms with Crippen LogP contribution in [0.25, 0.3) is 0 Å². The Morgan fingerprint density at radius 2 is 1.95 bits per heavy atom. The van der Waals surface area contributed by atoms with Gasteiger partial charge in [0.05, 0.1) is 6.10 Å². The van der Waals surface area contributed by atoms with Crippen molar-refractivity contribution in [2.75, 3.05) is 0 Å². The Kier molecular flexibility index (Phi) is 4.61. The summed E-state index contributed by atoms with van der Waals surface area (Å²) >= 11 is 3.47. The molecule has 0 aliphatic heterocycles. The minimum Gasteiger partial charge on any atom is -0.457 e. The van der Waals surface area contributed by atoms with E-state index in [9.17, 15) is 5.11 Å². The van der Waals surface area contributed by atoms with Crippen LogP contribution in [0.3, 0.4) is 0 Å². The van der Waals surface area contributed by atoms with E-state index in [2.05, 4.69) is 15.9 Å². The van der Waals surface area contributed by atoms with E-state index >= 15 is 0 Å². The third-order valence-electron chi connectivity index (χ3n) is 3.02. The van der Waals surface area contributed by atoms with Crippen molar-refractivity contribution in [1.29, 1.82) is 0 Å². The van der Waals surface area contributed by atoms with E-state index in [-0.39, 0.29) is 0 Å². The molecule has 0 saturated carbocycles. The van der Waals surface area contributed by atoms with Crippen molar-refractivity contribution in [2.24, 2.45) is 0 Å². The lowest BCUT2D eigenvalue weighted by Crippen LogP contribution is -1.98. The van der Waals surface area contributed by atoms with Crippen molar-refractivity contribution < 1.29 is 9.84 Å². The minimum absolute atomic E-state index is 0.493. The summed E-state index contributed by atoms with van der Waals surface area (Å²) in [5.41, 5.74) is 1.94. The molecule has 0 bridgehead atoms. The maximum Gasteiger partial charge on any atom is 0.133 e. The van der Waals surface area contributed by atoms with Gasteiger partial charge in [0.2, 0.25) is 0 Å². The molecule has 3 heteroatoms. The summed E-state index contributed by atoms with van der Waals surface area (Å²) in [6.07, 6.45) is 0.174. The third kappa shape index (κ3) is 3.37. The fourth-order valence-corrected chi connectivity index (χ4v) is 2.12. The van der Waals surface area contributed by atoms with Crippen molar-refractivity contribution in [3.63, 3.8) is 0 Å². The van der Waals surface area contributed by atoms with Crippen molar-refractivity contribution in [1.82, 2.24) is 0 Å². The smallest absolute Gasteiger partial charge is 0.133 e. The Balaban J connectivity index is 2.30. The van der Waals surface area contributed by atoms with Gasteiger partial charge in [0, 0.05) is 10.0 Å². The second-order valence-electron chi connectivity index (χ2n) is 4.47. The Morgan fingerprint density at radius 1 is 1.21 bits per heavy atom. The van der Waals surface area contributed by atoms with Gasteiger partial charge in [-0.2, -0.15) is 0 Å². The zero-order chi connectivity index (χ0) is 13.8. The van der Waals surface area contributed by atoms with Gasteiger partial charge in [-0.1, -0.05) is 41.1 Å². The summed E-state index contributed by atoms with van der Waals surface area (Å²) in [6.45, 7) is 3.97. The highest BCUT2D eigenvalue weighted by Crippen LogP contribution is 2.32. The molecular formula is C16H17BrO2. The highest BCUT2D eigenvalue weighted by Gasteiger charge is 2.11. The minimum atomic E-state index is -0.493. The van der Waals surface area contributed by atoms with E-state index in [1.54, 1.807) is 0 Å². The Hall–Kier alpha value is -1.32. The van der Waals surface area contributed by atoms with Crippen LogP contribution < -0.4 is 4.74 Å². The van der Waals surface area contributed by atoms with Crippen LogP contribution in [-0.4, -0.2) is 5.11 Å². The van der Waals surface area contributed by atoms with Crippen LogP contribution in [0.15, 0.2) is 46.9 Å². The average molecular weight is 321 g/mol. The molecule has 2 rings (SSSR count). The molecule has 0 spiro atoms. The lowest BCUT2D eigenvalue weighted by molar-refractivity contribution is 0.170. The molecule has 0 fully saturated rings. The highest BCUT2D eigenvalue weighted by atomic mass is 79.9. The van der Waals surface area contributed by atoms with Crippen LogP contribution in [0.2, 0.25) is 0 Å². The SMILES string of the molecule is CC[C@@H](O)c1ccccc1Oc1ccc(Br)c(C)c1. The van der Waals surface area contributed by atoms with Gasteiger partial charge >= 0.3 is 0 Å². The molecule has 0 amide bonds. The number of hydrogen-bond donors (Lipinski definition) is 1. The molecule has 0 radical (unpaired) electrons. The summed E-state index contributed by atoms with van der Waals surface area (Å²) in [5, 5.41) is 10.00. The van der Waals surface area contributed by atoms with Crippen LogP contribution in [0.1, 0.15) is 30.6 Å². The molecular weight excluding hydrogens is 304 g/mol. The molecule has 1 atom stereocenters. The first-order valence-electron chi connectivity index (χ1n) is 6.32. The van der Waals surface area contributed by atoms with Gasteiger partial charge in [-0.15, -0.1) is 0 Å². The van der Waals surface area contributed by atoms with E-state index in [0.29, 0.717) is 12.2 Å². The van der Waals surface area contributed by atoms with Crippen molar-refractivity contribution >= 4 is 15.9 Å². The number of halogens is 1. The molecule has 2 aromatic rings. The number of ether oxygens (including phenoxy) is 1. The summed E-state index contributed by atoms with van der Waals surface area (Å²) in [6, 6.07) is 13.4. The number of aliphatic hydroxyl groups is 1. The first-order chi connectivity index (χ1) is 9.11. The molecule has 0 heterocycles.